The lowest BCUT2D eigenvalue weighted by Gasteiger charge is -2.15. The van der Waals surface area contributed by atoms with Gasteiger partial charge in [0.15, 0.2) is 0 Å². The Morgan fingerprint density at radius 1 is 1.35 bits per heavy atom. The van der Waals surface area contributed by atoms with Crippen LogP contribution in [-0.4, -0.2) is 19.8 Å². The highest BCUT2D eigenvalue weighted by Crippen LogP contribution is 2.16. The first-order valence-electron chi connectivity index (χ1n) is 6.28. The Hall–Kier alpha value is -0.570. The van der Waals surface area contributed by atoms with Crippen LogP contribution in [0.3, 0.4) is 0 Å². The van der Waals surface area contributed by atoms with Crippen LogP contribution in [0, 0.1) is 5.92 Å². The molecule has 0 aliphatic heterocycles. The molecule has 0 aromatic heterocycles. The van der Waals surface area contributed by atoms with Gasteiger partial charge in [0, 0.05) is 18.2 Å². The number of ether oxygens (including phenoxy) is 1. The van der Waals surface area contributed by atoms with E-state index in [1.807, 2.05) is 18.2 Å². The Balaban J connectivity index is 2.35. The lowest BCUT2D eigenvalue weighted by molar-refractivity contribution is 0.121. The van der Waals surface area contributed by atoms with Crippen molar-refractivity contribution in [1.29, 1.82) is 0 Å². The summed E-state index contributed by atoms with van der Waals surface area (Å²) in [6.07, 6.45) is 3.07. The van der Waals surface area contributed by atoms with Crippen molar-refractivity contribution in [3.05, 3.63) is 34.9 Å². The average Bonchev–Trinajstić information content (AvgIpc) is 2.33. The molecule has 1 atom stereocenters. The number of halogens is 1. The molecular weight excluding hydrogens is 234 g/mol. The summed E-state index contributed by atoms with van der Waals surface area (Å²) in [6.45, 7) is 4.46. The summed E-state index contributed by atoms with van der Waals surface area (Å²) in [6, 6.07) is 7.99. The molecule has 96 valence electrons. The van der Waals surface area contributed by atoms with E-state index in [1.165, 1.54) is 5.56 Å². The molecule has 0 aliphatic rings. The molecule has 2 nitrogen and oxygen atoms in total. The second kappa shape index (κ2) is 8.51. The number of hydrogen-bond acceptors (Lipinski definition) is 2. The summed E-state index contributed by atoms with van der Waals surface area (Å²) < 4.78 is 5.49. The van der Waals surface area contributed by atoms with Gasteiger partial charge in [-0.15, -0.1) is 0 Å². The van der Waals surface area contributed by atoms with Crippen LogP contribution < -0.4 is 5.73 Å². The maximum Gasteiger partial charge on any atom is 0.0469 e. The minimum atomic E-state index is 0.477. The molecule has 1 rings (SSSR count). The normalized spacial score (nSPS) is 12.6. The Morgan fingerprint density at radius 3 is 2.82 bits per heavy atom. The van der Waals surface area contributed by atoms with Crippen LogP contribution in [0.1, 0.15) is 25.3 Å². The van der Waals surface area contributed by atoms with Crippen molar-refractivity contribution in [2.75, 3.05) is 19.8 Å². The number of benzene rings is 1. The standard InChI is InChI=1S/C14H22ClNO/c1-2-7-17-8-6-13(11-16)9-12-4-3-5-14(15)10-12/h3-5,10,13H,2,6-9,11,16H2,1H3. The van der Waals surface area contributed by atoms with Gasteiger partial charge in [0.05, 0.1) is 0 Å². The van der Waals surface area contributed by atoms with E-state index in [4.69, 9.17) is 22.1 Å². The molecule has 0 heterocycles. The van der Waals surface area contributed by atoms with E-state index < -0.39 is 0 Å². The third-order valence-electron chi connectivity index (χ3n) is 2.77. The van der Waals surface area contributed by atoms with Gasteiger partial charge in [0.2, 0.25) is 0 Å². The van der Waals surface area contributed by atoms with Gasteiger partial charge < -0.3 is 10.5 Å². The minimum Gasteiger partial charge on any atom is -0.381 e. The maximum atomic E-state index is 5.96. The molecule has 1 aromatic carbocycles. The number of hydrogen-bond donors (Lipinski definition) is 1. The number of rotatable bonds is 8. The summed E-state index contributed by atoms with van der Waals surface area (Å²) in [5.41, 5.74) is 7.04. The predicted molar refractivity (Wildman–Crippen MR) is 73.4 cm³/mol. The molecule has 0 saturated carbocycles. The molecule has 0 radical (unpaired) electrons. The van der Waals surface area contributed by atoms with Crippen molar-refractivity contribution in [2.24, 2.45) is 11.7 Å². The predicted octanol–water partition coefficient (Wildman–Crippen LogP) is 3.27. The van der Waals surface area contributed by atoms with Gasteiger partial charge in [-0.25, -0.2) is 0 Å². The third kappa shape index (κ3) is 6.06. The maximum absolute atomic E-state index is 5.96. The van der Waals surface area contributed by atoms with Crippen LogP contribution in [-0.2, 0) is 11.2 Å². The van der Waals surface area contributed by atoms with Crippen molar-refractivity contribution in [3.63, 3.8) is 0 Å². The lowest BCUT2D eigenvalue weighted by atomic mass is 9.97. The molecule has 1 unspecified atom stereocenters. The van der Waals surface area contributed by atoms with Crippen molar-refractivity contribution in [1.82, 2.24) is 0 Å². The average molecular weight is 256 g/mol. The minimum absolute atomic E-state index is 0.477. The van der Waals surface area contributed by atoms with Crippen LogP contribution in [0.5, 0.6) is 0 Å². The second-order valence-corrected chi connectivity index (χ2v) is 4.77. The highest BCUT2D eigenvalue weighted by Gasteiger charge is 2.08. The van der Waals surface area contributed by atoms with Gasteiger partial charge in [0.25, 0.3) is 0 Å². The Labute approximate surface area is 109 Å². The zero-order chi connectivity index (χ0) is 12.5. The van der Waals surface area contributed by atoms with E-state index in [2.05, 4.69) is 13.0 Å². The second-order valence-electron chi connectivity index (χ2n) is 4.34. The molecule has 3 heteroatoms. The number of nitrogens with two attached hydrogens (primary N) is 1. The fraction of sp³-hybridized carbons (Fsp3) is 0.571. The van der Waals surface area contributed by atoms with E-state index in [0.29, 0.717) is 12.5 Å². The van der Waals surface area contributed by atoms with Crippen molar-refractivity contribution < 1.29 is 4.74 Å². The molecule has 0 spiro atoms. The van der Waals surface area contributed by atoms with Gasteiger partial charge in [-0.05, 0) is 49.4 Å². The quantitative estimate of drug-likeness (QED) is 0.724. The molecule has 0 aliphatic carbocycles. The van der Waals surface area contributed by atoms with Gasteiger partial charge >= 0.3 is 0 Å². The summed E-state index contributed by atoms with van der Waals surface area (Å²) in [7, 11) is 0. The van der Waals surface area contributed by atoms with Gasteiger partial charge in [-0.2, -0.15) is 0 Å². The van der Waals surface area contributed by atoms with Crippen LogP contribution in [0.15, 0.2) is 24.3 Å². The highest BCUT2D eigenvalue weighted by molar-refractivity contribution is 6.30. The van der Waals surface area contributed by atoms with E-state index in [9.17, 15) is 0 Å². The summed E-state index contributed by atoms with van der Waals surface area (Å²) in [5, 5.41) is 0.792. The highest BCUT2D eigenvalue weighted by atomic mass is 35.5. The van der Waals surface area contributed by atoms with Crippen LogP contribution in [0.25, 0.3) is 0 Å². The molecule has 0 bridgehead atoms. The topological polar surface area (TPSA) is 35.2 Å². The van der Waals surface area contributed by atoms with Gasteiger partial charge in [-0.1, -0.05) is 30.7 Å². The summed E-state index contributed by atoms with van der Waals surface area (Å²) >= 11 is 5.96. The first kappa shape index (κ1) is 14.5. The van der Waals surface area contributed by atoms with Crippen LogP contribution >= 0.6 is 11.6 Å². The third-order valence-corrected chi connectivity index (χ3v) is 3.00. The first-order valence-corrected chi connectivity index (χ1v) is 6.66. The SMILES string of the molecule is CCCOCCC(CN)Cc1cccc(Cl)c1. The van der Waals surface area contributed by atoms with Gasteiger partial charge in [0.1, 0.15) is 0 Å². The van der Waals surface area contributed by atoms with E-state index >= 15 is 0 Å². The summed E-state index contributed by atoms with van der Waals surface area (Å²) in [4.78, 5) is 0. The van der Waals surface area contributed by atoms with Crippen molar-refractivity contribution >= 4 is 11.6 Å². The molecule has 1 aromatic rings. The fourth-order valence-corrected chi connectivity index (χ4v) is 2.01. The van der Waals surface area contributed by atoms with E-state index in [1.54, 1.807) is 0 Å². The first-order chi connectivity index (χ1) is 8.26. The van der Waals surface area contributed by atoms with Crippen molar-refractivity contribution in [2.45, 2.75) is 26.2 Å². The van der Waals surface area contributed by atoms with Crippen molar-refractivity contribution in [3.8, 4) is 0 Å². The Morgan fingerprint density at radius 2 is 2.18 bits per heavy atom. The fourth-order valence-electron chi connectivity index (χ4n) is 1.80. The summed E-state index contributed by atoms with van der Waals surface area (Å²) in [5.74, 6) is 0.477. The lowest BCUT2D eigenvalue weighted by Crippen LogP contribution is -2.19. The molecule has 0 fully saturated rings. The molecular formula is C14H22ClNO. The molecule has 0 saturated heterocycles. The Bertz CT molecular complexity index is 317. The molecule has 0 amide bonds. The molecule has 17 heavy (non-hydrogen) atoms. The Kier molecular flexibility index (Phi) is 7.25. The van der Waals surface area contributed by atoms with Crippen LogP contribution in [0.2, 0.25) is 5.02 Å². The van der Waals surface area contributed by atoms with E-state index in [0.717, 1.165) is 37.5 Å². The smallest absolute Gasteiger partial charge is 0.0469 e. The zero-order valence-corrected chi connectivity index (χ0v) is 11.2. The zero-order valence-electron chi connectivity index (χ0n) is 10.5. The molecule has 2 N–H and O–H groups in total. The van der Waals surface area contributed by atoms with Crippen LogP contribution in [0.4, 0.5) is 0 Å². The monoisotopic (exact) mass is 255 g/mol. The van der Waals surface area contributed by atoms with Gasteiger partial charge in [-0.3, -0.25) is 0 Å². The largest absolute Gasteiger partial charge is 0.381 e. The van der Waals surface area contributed by atoms with E-state index in [-0.39, 0.29) is 0 Å².